The first-order chi connectivity index (χ1) is 9.25. The first kappa shape index (κ1) is 15.2. The average molecular weight is 294 g/mol. The van der Waals surface area contributed by atoms with Crippen molar-refractivity contribution in [3.8, 4) is 0 Å². The van der Waals surface area contributed by atoms with Crippen LogP contribution in [-0.2, 0) is 10.3 Å². The van der Waals surface area contributed by atoms with Gasteiger partial charge in [0.05, 0.1) is 6.61 Å². The third kappa shape index (κ3) is 2.79. The molecule has 1 aliphatic rings. The van der Waals surface area contributed by atoms with E-state index >= 15 is 0 Å². The zero-order valence-electron chi connectivity index (χ0n) is 11.3. The smallest absolute Gasteiger partial charge is 0.367 e. The molecule has 2 heterocycles. The molecular weight excluding hydrogens is 277 g/mol. The summed E-state index contributed by atoms with van der Waals surface area (Å²) in [5.74, 6) is -0.559. The molecule has 20 heavy (non-hydrogen) atoms. The van der Waals surface area contributed by atoms with Gasteiger partial charge in [-0.25, -0.2) is 0 Å². The molecule has 9 heteroatoms. The largest absolute Gasteiger partial charge is 0.415 e. The molecular formula is C11H17F3N4O2. The molecule has 0 bridgehead atoms. The van der Waals surface area contributed by atoms with Crippen molar-refractivity contribution in [2.24, 2.45) is 5.73 Å². The van der Waals surface area contributed by atoms with E-state index in [0.717, 1.165) is 20.0 Å². The Bertz CT molecular complexity index is 461. The summed E-state index contributed by atoms with van der Waals surface area (Å²) in [7, 11) is 0. The Hall–Kier alpha value is -1.19. The maximum Gasteiger partial charge on any atom is 0.415 e. The number of hydrogen-bond acceptors (Lipinski definition) is 6. The third-order valence-corrected chi connectivity index (χ3v) is 3.36. The van der Waals surface area contributed by atoms with Crippen molar-refractivity contribution in [1.82, 2.24) is 15.0 Å². The summed E-state index contributed by atoms with van der Waals surface area (Å²) in [6.07, 6.45) is -5.16. The van der Waals surface area contributed by atoms with Crippen LogP contribution in [-0.4, -0.2) is 47.5 Å². The summed E-state index contributed by atoms with van der Waals surface area (Å²) < 4.78 is 48.5. The van der Waals surface area contributed by atoms with Crippen molar-refractivity contribution < 1.29 is 22.4 Å². The van der Waals surface area contributed by atoms with Crippen LogP contribution in [0.1, 0.15) is 31.7 Å². The lowest BCUT2D eigenvalue weighted by molar-refractivity contribution is -0.190. The van der Waals surface area contributed by atoms with E-state index in [-0.39, 0.29) is 5.82 Å². The van der Waals surface area contributed by atoms with Crippen molar-refractivity contribution >= 4 is 0 Å². The maximum atomic E-state index is 12.8. The first-order valence-corrected chi connectivity index (χ1v) is 6.29. The van der Waals surface area contributed by atoms with Gasteiger partial charge in [0.25, 0.3) is 5.89 Å². The van der Waals surface area contributed by atoms with Crippen LogP contribution < -0.4 is 5.73 Å². The number of morpholine rings is 1. The van der Waals surface area contributed by atoms with Crippen LogP contribution >= 0.6 is 0 Å². The molecule has 2 unspecified atom stereocenters. The Labute approximate surface area is 114 Å². The lowest BCUT2D eigenvalue weighted by Crippen LogP contribution is -2.48. The van der Waals surface area contributed by atoms with Gasteiger partial charge in [-0.1, -0.05) is 12.1 Å². The zero-order valence-corrected chi connectivity index (χ0v) is 11.3. The molecule has 2 N–H and O–H groups in total. The molecule has 0 saturated carbocycles. The topological polar surface area (TPSA) is 77.4 Å². The normalized spacial score (nSPS) is 24.6. The molecule has 2 atom stereocenters. The molecule has 0 aliphatic carbocycles. The van der Waals surface area contributed by atoms with Crippen LogP contribution in [0.3, 0.4) is 0 Å². The second-order valence-corrected chi connectivity index (χ2v) is 4.91. The molecule has 0 aromatic carbocycles. The number of hydrogen-bond donors (Lipinski definition) is 1. The molecule has 1 aromatic heterocycles. The summed E-state index contributed by atoms with van der Waals surface area (Å²) in [6, 6.07) is 0. The first-order valence-electron chi connectivity index (χ1n) is 6.29. The highest BCUT2D eigenvalue weighted by Gasteiger charge is 2.53. The van der Waals surface area contributed by atoms with Crippen LogP contribution in [0.2, 0.25) is 0 Å². The molecule has 0 amide bonds. The van der Waals surface area contributed by atoms with Crippen LogP contribution in [0, 0.1) is 0 Å². The minimum Gasteiger partial charge on any atom is -0.367 e. The number of nitrogens with two attached hydrogens (primary N) is 1. The summed E-state index contributed by atoms with van der Waals surface area (Å²) in [5.41, 5.74) is 2.57. The van der Waals surface area contributed by atoms with E-state index in [9.17, 15) is 13.2 Å². The van der Waals surface area contributed by atoms with Gasteiger partial charge in [0.1, 0.15) is 6.10 Å². The Kier molecular flexibility index (Phi) is 4.03. The minimum absolute atomic E-state index is 0.0964. The second kappa shape index (κ2) is 5.30. The molecule has 0 spiro atoms. The molecule has 1 aromatic rings. The summed E-state index contributed by atoms with van der Waals surface area (Å²) in [5, 5.41) is 3.57. The van der Waals surface area contributed by atoms with E-state index in [1.54, 1.807) is 0 Å². The molecule has 2 rings (SSSR count). The van der Waals surface area contributed by atoms with Gasteiger partial charge < -0.3 is 15.0 Å². The fourth-order valence-electron chi connectivity index (χ4n) is 1.84. The number of aromatic nitrogens is 2. The van der Waals surface area contributed by atoms with E-state index in [1.165, 1.54) is 0 Å². The third-order valence-electron chi connectivity index (χ3n) is 3.36. The van der Waals surface area contributed by atoms with Gasteiger partial charge >= 0.3 is 6.18 Å². The highest BCUT2D eigenvalue weighted by molar-refractivity contribution is 5.05. The van der Waals surface area contributed by atoms with Crippen molar-refractivity contribution in [3.05, 3.63) is 11.7 Å². The lowest BCUT2D eigenvalue weighted by Gasteiger charge is -2.30. The number of likely N-dealkylation sites (N-methyl/N-ethyl adjacent to an activating group) is 1. The highest BCUT2D eigenvalue weighted by Crippen LogP contribution is 2.36. The van der Waals surface area contributed by atoms with E-state index in [0.29, 0.717) is 13.2 Å². The highest BCUT2D eigenvalue weighted by atomic mass is 19.4. The summed E-state index contributed by atoms with van der Waals surface area (Å²) in [6.45, 7) is 5.37. The van der Waals surface area contributed by atoms with Crippen LogP contribution in [0.15, 0.2) is 4.52 Å². The monoisotopic (exact) mass is 294 g/mol. The number of ether oxygens (including phenoxy) is 1. The summed E-state index contributed by atoms with van der Waals surface area (Å²) >= 11 is 0. The van der Waals surface area contributed by atoms with Crippen molar-refractivity contribution in [2.75, 3.05) is 26.2 Å². The van der Waals surface area contributed by atoms with Crippen molar-refractivity contribution in [2.45, 2.75) is 31.7 Å². The van der Waals surface area contributed by atoms with E-state index in [2.05, 4.69) is 19.6 Å². The van der Waals surface area contributed by atoms with Gasteiger partial charge in [0.2, 0.25) is 5.82 Å². The van der Waals surface area contributed by atoms with E-state index in [1.807, 2.05) is 6.92 Å². The van der Waals surface area contributed by atoms with Crippen LogP contribution in [0.4, 0.5) is 13.2 Å². The fourth-order valence-corrected chi connectivity index (χ4v) is 1.84. The molecule has 1 saturated heterocycles. The standard InChI is InChI=1S/C11H17F3N4O2/c1-3-18-4-5-19-7(6-18)8-16-9(20-17-8)10(2,15)11(12,13)14/h7H,3-6,15H2,1-2H3. The Morgan fingerprint density at radius 3 is 2.75 bits per heavy atom. The van der Waals surface area contributed by atoms with Crippen molar-refractivity contribution in [1.29, 1.82) is 0 Å². The van der Waals surface area contributed by atoms with Crippen LogP contribution in [0.25, 0.3) is 0 Å². The van der Waals surface area contributed by atoms with E-state index < -0.39 is 23.7 Å². The van der Waals surface area contributed by atoms with Crippen LogP contribution in [0.5, 0.6) is 0 Å². The average Bonchev–Trinajstić information content (AvgIpc) is 2.87. The predicted molar refractivity (Wildman–Crippen MR) is 62.7 cm³/mol. The number of halogens is 3. The van der Waals surface area contributed by atoms with Gasteiger partial charge in [-0.15, -0.1) is 0 Å². The zero-order chi connectivity index (χ0) is 15.0. The molecule has 1 fully saturated rings. The molecule has 6 nitrogen and oxygen atoms in total. The minimum atomic E-state index is -4.67. The van der Waals surface area contributed by atoms with Gasteiger partial charge in [-0.2, -0.15) is 18.2 Å². The molecule has 0 radical (unpaired) electrons. The van der Waals surface area contributed by atoms with E-state index in [4.69, 9.17) is 10.5 Å². The Morgan fingerprint density at radius 1 is 1.45 bits per heavy atom. The Balaban J connectivity index is 2.17. The molecule has 1 aliphatic heterocycles. The number of rotatable bonds is 3. The second-order valence-electron chi connectivity index (χ2n) is 4.91. The number of nitrogens with zero attached hydrogens (tertiary/aromatic N) is 3. The molecule has 114 valence electrons. The van der Waals surface area contributed by atoms with Gasteiger partial charge in [-0.05, 0) is 13.5 Å². The van der Waals surface area contributed by atoms with Gasteiger partial charge in [0, 0.05) is 13.1 Å². The quantitative estimate of drug-likeness (QED) is 0.902. The van der Waals surface area contributed by atoms with Gasteiger partial charge in [-0.3, -0.25) is 4.90 Å². The SMILES string of the molecule is CCN1CCOC(c2noc(C(C)(N)C(F)(F)F)n2)C1. The fraction of sp³-hybridized carbons (Fsp3) is 0.818. The maximum absolute atomic E-state index is 12.8. The Morgan fingerprint density at radius 2 is 2.15 bits per heavy atom. The summed E-state index contributed by atoms with van der Waals surface area (Å²) in [4.78, 5) is 5.86. The lowest BCUT2D eigenvalue weighted by atomic mass is 10.0. The predicted octanol–water partition coefficient (Wildman–Crippen LogP) is 1.20. The van der Waals surface area contributed by atoms with Gasteiger partial charge in [0.15, 0.2) is 5.54 Å². The number of alkyl halides is 3. The van der Waals surface area contributed by atoms with Crippen molar-refractivity contribution in [3.63, 3.8) is 0 Å².